The zero-order chi connectivity index (χ0) is 20.1. The lowest BCUT2D eigenvalue weighted by molar-refractivity contribution is -0.0172. The number of guanidine groups is 1. The lowest BCUT2D eigenvalue weighted by atomic mass is 10.1. The molecule has 0 radical (unpaired) electrons. The molecule has 0 saturated heterocycles. The van der Waals surface area contributed by atoms with Crippen molar-refractivity contribution < 1.29 is 13.9 Å². The Morgan fingerprint density at radius 3 is 2.82 bits per heavy atom. The van der Waals surface area contributed by atoms with Gasteiger partial charge >= 0.3 is 0 Å². The molecule has 0 saturated carbocycles. The Balaban J connectivity index is 1.64. The SMILES string of the molecule is CCNC(=NCc1cc(Cl)c(Cl)n1C)NCCc1cc(F)cc2c1OCOC2. The van der Waals surface area contributed by atoms with Crippen LogP contribution in [0.1, 0.15) is 23.7 Å². The normalized spacial score (nSPS) is 13.8. The van der Waals surface area contributed by atoms with Crippen LogP contribution in [0.5, 0.6) is 5.75 Å². The van der Waals surface area contributed by atoms with E-state index in [9.17, 15) is 4.39 Å². The van der Waals surface area contributed by atoms with Crippen molar-refractivity contribution in [3.63, 3.8) is 0 Å². The molecule has 0 aliphatic carbocycles. The summed E-state index contributed by atoms with van der Waals surface area (Å²) < 4.78 is 26.4. The second-order valence-corrected chi connectivity index (χ2v) is 7.13. The third-order valence-electron chi connectivity index (χ3n) is 4.40. The molecule has 1 aromatic carbocycles. The molecule has 2 heterocycles. The van der Waals surface area contributed by atoms with Crippen molar-refractivity contribution in [2.45, 2.75) is 26.5 Å². The summed E-state index contributed by atoms with van der Waals surface area (Å²) in [5.41, 5.74) is 2.45. The number of benzene rings is 1. The number of ether oxygens (including phenoxy) is 2. The highest BCUT2D eigenvalue weighted by atomic mass is 35.5. The Morgan fingerprint density at radius 2 is 2.11 bits per heavy atom. The van der Waals surface area contributed by atoms with Crippen LogP contribution in [-0.2, 0) is 31.4 Å². The third-order valence-corrected chi connectivity index (χ3v) is 5.24. The van der Waals surface area contributed by atoms with E-state index in [-0.39, 0.29) is 12.6 Å². The molecule has 28 heavy (non-hydrogen) atoms. The Kier molecular flexibility index (Phi) is 7.04. The summed E-state index contributed by atoms with van der Waals surface area (Å²) in [5.74, 6) is 1.08. The van der Waals surface area contributed by atoms with Gasteiger partial charge in [0.25, 0.3) is 0 Å². The maximum Gasteiger partial charge on any atom is 0.191 e. The van der Waals surface area contributed by atoms with Crippen molar-refractivity contribution in [3.8, 4) is 5.75 Å². The summed E-state index contributed by atoms with van der Waals surface area (Å²) in [4.78, 5) is 4.57. The molecule has 0 fully saturated rings. The maximum atomic E-state index is 13.9. The molecular formula is C19H23Cl2FN4O2. The number of fused-ring (bicyclic) bond motifs is 1. The number of halogens is 3. The molecule has 1 aliphatic heterocycles. The average molecular weight is 429 g/mol. The molecule has 0 bridgehead atoms. The van der Waals surface area contributed by atoms with Crippen molar-refractivity contribution in [2.75, 3.05) is 19.9 Å². The van der Waals surface area contributed by atoms with Gasteiger partial charge in [0, 0.05) is 31.4 Å². The fourth-order valence-corrected chi connectivity index (χ4v) is 3.42. The minimum absolute atomic E-state index is 0.185. The van der Waals surface area contributed by atoms with Crippen LogP contribution in [0.3, 0.4) is 0 Å². The number of aliphatic imine (C=N–C) groups is 1. The number of aromatic nitrogens is 1. The van der Waals surface area contributed by atoms with Gasteiger partial charge in [0.1, 0.15) is 16.7 Å². The highest BCUT2D eigenvalue weighted by molar-refractivity contribution is 6.41. The molecule has 3 rings (SSSR count). The van der Waals surface area contributed by atoms with Crippen LogP contribution in [0, 0.1) is 5.82 Å². The van der Waals surface area contributed by atoms with Gasteiger partial charge in [0.15, 0.2) is 12.8 Å². The first-order valence-corrected chi connectivity index (χ1v) is 9.78. The van der Waals surface area contributed by atoms with Gasteiger partial charge in [-0.05, 0) is 37.1 Å². The summed E-state index contributed by atoms with van der Waals surface area (Å²) in [6, 6.07) is 4.76. The fraction of sp³-hybridized carbons (Fsp3) is 0.421. The minimum Gasteiger partial charge on any atom is -0.467 e. The monoisotopic (exact) mass is 428 g/mol. The Hall–Kier alpha value is -1.96. The van der Waals surface area contributed by atoms with Crippen molar-refractivity contribution in [3.05, 3.63) is 51.0 Å². The van der Waals surface area contributed by atoms with Crippen LogP contribution < -0.4 is 15.4 Å². The van der Waals surface area contributed by atoms with Crippen molar-refractivity contribution >= 4 is 29.2 Å². The Bertz CT molecular complexity index is 870. The first-order chi connectivity index (χ1) is 13.5. The summed E-state index contributed by atoms with van der Waals surface area (Å²) >= 11 is 12.1. The van der Waals surface area contributed by atoms with Crippen molar-refractivity contribution in [1.29, 1.82) is 0 Å². The summed E-state index contributed by atoms with van der Waals surface area (Å²) in [6.45, 7) is 4.25. The quantitative estimate of drug-likeness (QED) is 0.544. The second kappa shape index (κ2) is 9.49. The molecule has 0 unspecified atom stereocenters. The van der Waals surface area contributed by atoms with Gasteiger partial charge in [-0.3, -0.25) is 0 Å². The number of rotatable bonds is 6. The maximum absolute atomic E-state index is 13.9. The van der Waals surface area contributed by atoms with Gasteiger partial charge in [-0.25, -0.2) is 9.38 Å². The predicted molar refractivity (Wildman–Crippen MR) is 109 cm³/mol. The summed E-state index contributed by atoms with van der Waals surface area (Å²) in [5, 5.41) is 7.45. The van der Waals surface area contributed by atoms with Crippen LogP contribution in [-0.4, -0.2) is 30.4 Å². The van der Waals surface area contributed by atoms with E-state index in [1.54, 1.807) is 10.6 Å². The number of hydrogen-bond acceptors (Lipinski definition) is 3. The van der Waals surface area contributed by atoms with E-state index in [4.69, 9.17) is 32.7 Å². The molecular weight excluding hydrogens is 406 g/mol. The topological polar surface area (TPSA) is 59.8 Å². The number of nitrogens with zero attached hydrogens (tertiary/aromatic N) is 2. The van der Waals surface area contributed by atoms with Gasteiger partial charge in [-0.1, -0.05) is 23.2 Å². The van der Waals surface area contributed by atoms with Gasteiger partial charge in [-0.15, -0.1) is 0 Å². The second-order valence-electron chi connectivity index (χ2n) is 6.37. The Morgan fingerprint density at radius 1 is 1.29 bits per heavy atom. The van der Waals surface area contributed by atoms with Crippen LogP contribution in [0.25, 0.3) is 0 Å². The van der Waals surface area contributed by atoms with Crippen LogP contribution >= 0.6 is 23.2 Å². The third kappa shape index (κ3) is 4.90. The molecule has 6 nitrogen and oxygen atoms in total. The molecule has 9 heteroatoms. The standard InChI is InChI=1S/C19H23Cl2FN4O2/c1-3-23-19(25-9-15-8-16(20)18(21)26(15)2)24-5-4-12-6-14(22)7-13-10-27-11-28-17(12)13/h6-8H,3-5,9-11H2,1-2H3,(H2,23,24,25). The number of nitrogens with one attached hydrogen (secondary N) is 2. The molecule has 2 aromatic rings. The lowest BCUT2D eigenvalue weighted by Gasteiger charge is -2.21. The number of hydrogen-bond donors (Lipinski definition) is 2. The highest BCUT2D eigenvalue weighted by Gasteiger charge is 2.17. The van der Waals surface area contributed by atoms with Crippen molar-refractivity contribution in [2.24, 2.45) is 12.0 Å². The molecule has 1 aromatic heterocycles. The summed E-state index contributed by atoms with van der Waals surface area (Å²) in [7, 11) is 1.84. The van der Waals surface area contributed by atoms with E-state index in [1.165, 1.54) is 12.1 Å². The zero-order valence-electron chi connectivity index (χ0n) is 15.8. The lowest BCUT2D eigenvalue weighted by Crippen LogP contribution is -2.38. The van der Waals surface area contributed by atoms with Gasteiger partial charge in [0.05, 0.1) is 18.2 Å². The van der Waals surface area contributed by atoms with E-state index in [0.717, 1.165) is 23.4 Å². The van der Waals surface area contributed by atoms with E-state index in [1.807, 2.05) is 14.0 Å². The van der Waals surface area contributed by atoms with Crippen molar-refractivity contribution in [1.82, 2.24) is 15.2 Å². The summed E-state index contributed by atoms with van der Waals surface area (Å²) in [6.07, 6.45) is 0.590. The van der Waals surface area contributed by atoms with Crippen LogP contribution in [0.15, 0.2) is 23.2 Å². The van der Waals surface area contributed by atoms with E-state index in [2.05, 4.69) is 15.6 Å². The minimum atomic E-state index is -0.291. The van der Waals surface area contributed by atoms with E-state index >= 15 is 0 Å². The smallest absolute Gasteiger partial charge is 0.191 e. The molecule has 0 amide bonds. The highest BCUT2D eigenvalue weighted by Crippen LogP contribution is 2.29. The van der Waals surface area contributed by atoms with Gasteiger partial charge < -0.3 is 24.7 Å². The molecule has 2 N–H and O–H groups in total. The van der Waals surface area contributed by atoms with Gasteiger partial charge in [0.2, 0.25) is 0 Å². The average Bonchev–Trinajstić information content (AvgIpc) is 2.92. The van der Waals surface area contributed by atoms with Crippen LogP contribution in [0.4, 0.5) is 4.39 Å². The molecule has 1 aliphatic rings. The largest absolute Gasteiger partial charge is 0.467 e. The Labute approximate surface area is 173 Å². The first-order valence-electron chi connectivity index (χ1n) is 9.03. The predicted octanol–water partition coefficient (Wildman–Crippen LogP) is 3.64. The molecule has 152 valence electrons. The molecule has 0 atom stereocenters. The van der Waals surface area contributed by atoms with E-state index in [0.29, 0.717) is 48.0 Å². The van der Waals surface area contributed by atoms with Crippen LogP contribution in [0.2, 0.25) is 10.2 Å². The van der Waals surface area contributed by atoms with E-state index < -0.39 is 0 Å². The zero-order valence-corrected chi connectivity index (χ0v) is 17.3. The fourth-order valence-electron chi connectivity index (χ4n) is 3.00. The van der Waals surface area contributed by atoms with Gasteiger partial charge in [-0.2, -0.15) is 0 Å². The molecule has 0 spiro atoms. The first kappa shape index (κ1) is 20.8.